The summed E-state index contributed by atoms with van der Waals surface area (Å²) >= 11 is 0. The highest BCUT2D eigenvalue weighted by molar-refractivity contribution is 5.84. The van der Waals surface area contributed by atoms with Crippen molar-refractivity contribution in [2.45, 2.75) is 231 Å². The minimum Gasteiger partial charge on any atom is -0.394 e. The third-order valence-electron chi connectivity index (χ3n) is 20.9. The Morgan fingerprint density at radius 2 is 1.26 bits per heavy atom. The number of carbonyl (C=O) groups is 1. The third-order valence-corrected chi connectivity index (χ3v) is 20.9. The van der Waals surface area contributed by atoms with E-state index >= 15 is 4.79 Å². The first-order valence-electron chi connectivity index (χ1n) is 27.0. The number of benzene rings is 1. The average molecular weight is 1010 g/mol. The number of fused-ring (bicyclic) bond motifs is 7. The Hall–Kier alpha value is -2.13. The fraction of sp³-hybridized carbons (Fsp3) is 0.839. The van der Waals surface area contributed by atoms with E-state index in [4.69, 9.17) is 28.4 Å². The van der Waals surface area contributed by atoms with Gasteiger partial charge in [0.25, 0.3) is 0 Å². The van der Waals surface area contributed by atoms with Gasteiger partial charge in [-0.1, -0.05) is 90.4 Å². The number of hydrogen-bond acceptors (Lipinski definition) is 15. The second kappa shape index (κ2) is 19.7. The predicted octanol–water partition coefficient (Wildman–Crippen LogP) is 4.34. The Balaban J connectivity index is 0.978. The van der Waals surface area contributed by atoms with Crippen LogP contribution in [0.1, 0.15) is 132 Å². The van der Waals surface area contributed by atoms with Crippen LogP contribution in [0.3, 0.4) is 0 Å². The van der Waals surface area contributed by atoms with E-state index in [0.717, 1.165) is 63.4 Å². The Morgan fingerprint density at radius 1 is 0.667 bits per heavy atom. The van der Waals surface area contributed by atoms with Crippen molar-refractivity contribution < 1.29 is 74.1 Å². The molecule has 8 N–H and O–H groups in total. The molecule has 406 valence electrons. The molecule has 4 saturated carbocycles. The van der Waals surface area contributed by atoms with E-state index in [1.165, 1.54) is 19.4 Å². The van der Waals surface area contributed by atoms with Crippen molar-refractivity contribution in [1.29, 1.82) is 0 Å². The average Bonchev–Trinajstić information content (AvgIpc) is 3.33. The van der Waals surface area contributed by atoms with E-state index in [1.54, 1.807) is 0 Å². The molecule has 0 unspecified atom stereocenters. The summed E-state index contributed by atoms with van der Waals surface area (Å²) in [6.45, 7) is 19.7. The lowest BCUT2D eigenvalue weighted by molar-refractivity contribution is -0.393. The number of rotatable bonds is 10. The maximum atomic E-state index is 15.0. The van der Waals surface area contributed by atoms with E-state index in [1.807, 2.05) is 30.1 Å². The Bertz CT molecular complexity index is 2130. The topological polar surface area (TPSA) is 238 Å². The molecule has 0 aromatic heterocycles. The summed E-state index contributed by atoms with van der Waals surface area (Å²) in [6.07, 6.45) is -10.6. The molecule has 16 nitrogen and oxygen atoms in total. The number of nitrogens with zero attached hydrogens (tertiary/aromatic N) is 1. The zero-order valence-corrected chi connectivity index (χ0v) is 44.3. The Kier molecular flexibility index (Phi) is 15.0. The Morgan fingerprint density at radius 3 is 1.88 bits per heavy atom. The fourth-order valence-corrected chi connectivity index (χ4v) is 16.3. The Labute approximate surface area is 426 Å². The summed E-state index contributed by atoms with van der Waals surface area (Å²) < 4.78 is 37.5. The fourth-order valence-electron chi connectivity index (χ4n) is 16.3. The van der Waals surface area contributed by atoms with Gasteiger partial charge < -0.3 is 74.2 Å². The van der Waals surface area contributed by atoms with E-state index in [0.29, 0.717) is 18.9 Å². The van der Waals surface area contributed by atoms with Crippen LogP contribution < -0.4 is 0 Å². The number of ether oxygens (including phenoxy) is 6. The van der Waals surface area contributed by atoms with Crippen LogP contribution in [0.2, 0.25) is 0 Å². The third kappa shape index (κ3) is 8.88. The molecule has 0 bridgehead atoms. The van der Waals surface area contributed by atoms with Crippen LogP contribution in [0.4, 0.5) is 0 Å². The van der Waals surface area contributed by atoms with Crippen molar-refractivity contribution in [2.24, 2.45) is 50.2 Å². The highest BCUT2D eigenvalue weighted by atomic mass is 16.8. The van der Waals surface area contributed by atoms with E-state index < -0.39 is 116 Å². The minimum absolute atomic E-state index is 0.0323. The van der Waals surface area contributed by atoms with Crippen LogP contribution in [-0.2, 0) is 39.8 Å². The summed E-state index contributed by atoms with van der Waals surface area (Å²) in [6, 6.07) is 10.3. The number of aliphatic hydroxyl groups is 8. The standard InChI is InChI=1S/C56H87NO15/c1-29-38(59)40(61)42(63)47(67-29)71-45-34(28-58)69-49(46(44(45)65)72-48-43(64)41(62)39(60)30(2)68-48)70-37-19-20-53(7)35(52(37,5)6)18-21-55(9)36(53)17-16-32-33-26-51(3,4)22-24-56(33,25-23-54(32,55)8)50(66)57(10)27-31-14-12-11-13-15-31/h11-16,29-30,33-49,58-65H,17-28H2,1-10H3/t29-,30-,33-,34+,35-,36+,37-,38-,39-,40+,41+,42+,43+,44-,45+,46+,47-,48-,49-,53-,54+,55+,56-/m0/s1. The second-order valence-electron chi connectivity index (χ2n) is 25.8. The first kappa shape index (κ1) is 54.7. The minimum atomic E-state index is -1.73. The molecular formula is C56H87NO15. The molecule has 3 aliphatic heterocycles. The summed E-state index contributed by atoms with van der Waals surface area (Å²) in [5, 5.41) is 87.2. The highest BCUT2D eigenvalue weighted by Crippen LogP contribution is 2.76. The van der Waals surface area contributed by atoms with Gasteiger partial charge in [-0.05, 0) is 128 Å². The van der Waals surface area contributed by atoms with E-state index in [-0.39, 0.29) is 39.4 Å². The van der Waals surface area contributed by atoms with Gasteiger partial charge in [-0.3, -0.25) is 4.79 Å². The lowest BCUT2D eigenvalue weighted by Crippen LogP contribution is -2.68. The molecule has 1 amide bonds. The van der Waals surface area contributed by atoms with Gasteiger partial charge in [0, 0.05) is 13.6 Å². The predicted molar refractivity (Wildman–Crippen MR) is 263 cm³/mol. The first-order valence-corrected chi connectivity index (χ1v) is 27.0. The second-order valence-corrected chi connectivity index (χ2v) is 25.8. The highest BCUT2D eigenvalue weighted by Gasteiger charge is 2.70. The SMILES string of the molecule is C[C@@H]1O[C@@H](O[C@H]2[C@H](O[C@H]3CC[C@]4(C)[C@H]5CC=C6[C@@H]7CC(C)(C)CC[C@]7(C(=O)N(C)Cc7ccccc7)CC[C@@]6(C)[C@]5(C)CC[C@H]4C3(C)C)O[C@H](CO)[C@@H](O[C@@H]3O[C@@H](C)[C@H](O)[C@@H](O)[C@H]3O)[C@@H]2O)[C@H](O)[C@H](O)[C@H]1O. The zero-order chi connectivity index (χ0) is 52.2. The van der Waals surface area contributed by atoms with Crippen LogP contribution in [0, 0.1) is 50.2 Å². The van der Waals surface area contributed by atoms with Crippen LogP contribution in [-0.4, -0.2) is 164 Å². The van der Waals surface area contributed by atoms with E-state index in [9.17, 15) is 40.9 Å². The summed E-state index contributed by atoms with van der Waals surface area (Å²) in [7, 11) is 1.99. The van der Waals surface area contributed by atoms with Gasteiger partial charge in [0.15, 0.2) is 18.9 Å². The molecule has 8 aliphatic rings. The number of carbonyl (C=O) groups excluding carboxylic acids is 1. The van der Waals surface area contributed by atoms with Crippen LogP contribution in [0.15, 0.2) is 42.0 Å². The number of hydrogen-bond donors (Lipinski definition) is 8. The van der Waals surface area contributed by atoms with Crippen molar-refractivity contribution >= 4 is 5.91 Å². The molecule has 0 spiro atoms. The molecule has 0 radical (unpaired) electrons. The largest absolute Gasteiger partial charge is 0.394 e. The molecular weight excluding hydrogens is 927 g/mol. The van der Waals surface area contributed by atoms with Gasteiger partial charge in [0.1, 0.15) is 61.0 Å². The van der Waals surface area contributed by atoms with Gasteiger partial charge in [-0.15, -0.1) is 0 Å². The monoisotopic (exact) mass is 1010 g/mol. The number of allylic oxidation sites excluding steroid dienone is 2. The number of amides is 1. The van der Waals surface area contributed by atoms with Crippen LogP contribution >= 0.6 is 0 Å². The molecule has 1 aromatic rings. The molecule has 23 atom stereocenters. The maximum absolute atomic E-state index is 15.0. The van der Waals surface area contributed by atoms with Crippen molar-refractivity contribution in [3.63, 3.8) is 0 Å². The maximum Gasteiger partial charge on any atom is 0.229 e. The molecule has 3 saturated heterocycles. The van der Waals surface area contributed by atoms with Gasteiger partial charge >= 0.3 is 0 Å². The lowest BCUT2D eigenvalue weighted by Gasteiger charge is -2.71. The molecule has 1 aromatic carbocycles. The summed E-state index contributed by atoms with van der Waals surface area (Å²) in [5.74, 6) is 1.02. The lowest BCUT2D eigenvalue weighted by atomic mass is 9.33. The molecule has 3 heterocycles. The molecule has 5 aliphatic carbocycles. The smallest absolute Gasteiger partial charge is 0.229 e. The van der Waals surface area contributed by atoms with Crippen LogP contribution in [0.5, 0.6) is 0 Å². The van der Waals surface area contributed by atoms with Gasteiger partial charge in [-0.25, -0.2) is 0 Å². The summed E-state index contributed by atoms with van der Waals surface area (Å²) in [4.78, 5) is 17.0. The van der Waals surface area contributed by atoms with Gasteiger partial charge in [-0.2, -0.15) is 0 Å². The zero-order valence-electron chi connectivity index (χ0n) is 44.3. The van der Waals surface area contributed by atoms with Crippen LogP contribution in [0.25, 0.3) is 0 Å². The van der Waals surface area contributed by atoms with Gasteiger partial charge in [0.05, 0.1) is 30.3 Å². The first-order chi connectivity index (χ1) is 33.7. The van der Waals surface area contributed by atoms with Gasteiger partial charge in [0.2, 0.25) is 5.91 Å². The summed E-state index contributed by atoms with van der Waals surface area (Å²) in [5.41, 5.74) is 1.66. The normalized spacial score (nSPS) is 49.8. The number of aliphatic hydroxyl groups excluding tert-OH is 8. The molecule has 16 heteroatoms. The molecule has 72 heavy (non-hydrogen) atoms. The van der Waals surface area contributed by atoms with Crippen molar-refractivity contribution in [1.82, 2.24) is 4.90 Å². The quantitative estimate of drug-likeness (QED) is 0.120. The van der Waals surface area contributed by atoms with Crippen molar-refractivity contribution in [3.05, 3.63) is 47.5 Å². The van der Waals surface area contributed by atoms with Crippen molar-refractivity contribution in [2.75, 3.05) is 13.7 Å². The molecule has 7 fully saturated rings. The van der Waals surface area contributed by atoms with Crippen molar-refractivity contribution in [3.8, 4) is 0 Å². The molecule has 9 rings (SSSR count). The van der Waals surface area contributed by atoms with E-state index in [2.05, 4.69) is 66.7 Å².